The third kappa shape index (κ3) is 3.12. The smallest absolute Gasteiger partial charge is 0.224 e. The van der Waals surface area contributed by atoms with E-state index in [9.17, 15) is 4.79 Å². The fourth-order valence-corrected chi connectivity index (χ4v) is 3.46. The zero-order valence-corrected chi connectivity index (χ0v) is 13.7. The Bertz CT molecular complexity index is 546. The lowest BCUT2D eigenvalue weighted by atomic mass is 10.1. The Morgan fingerprint density at radius 3 is 2.68 bits per heavy atom. The molecule has 1 heterocycles. The van der Waals surface area contributed by atoms with Crippen molar-refractivity contribution in [1.29, 1.82) is 0 Å². The van der Waals surface area contributed by atoms with E-state index in [-0.39, 0.29) is 17.4 Å². The monoisotopic (exact) mass is 302 g/mol. The molecule has 2 fully saturated rings. The van der Waals surface area contributed by atoms with Gasteiger partial charge in [-0.15, -0.1) is 0 Å². The molecule has 1 aliphatic heterocycles. The summed E-state index contributed by atoms with van der Waals surface area (Å²) >= 11 is 0. The van der Waals surface area contributed by atoms with E-state index in [1.54, 1.807) is 0 Å². The van der Waals surface area contributed by atoms with E-state index in [2.05, 4.69) is 23.6 Å². The molecule has 0 aromatic heterocycles. The summed E-state index contributed by atoms with van der Waals surface area (Å²) in [6.07, 6.45) is 0.946. The van der Waals surface area contributed by atoms with Gasteiger partial charge in [-0.1, -0.05) is 25.1 Å². The first-order valence-corrected chi connectivity index (χ1v) is 8.25. The van der Waals surface area contributed by atoms with Crippen molar-refractivity contribution in [2.75, 3.05) is 19.7 Å². The van der Waals surface area contributed by atoms with Crippen LogP contribution in [0.25, 0.3) is 0 Å². The average molecular weight is 302 g/mol. The Balaban J connectivity index is 1.53. The molecular weight excluding hydrogens is 276 g/mol. The highest BCUT2D eigenvalue weighted by molar-refractivity contribution is 5.83. The van der Waals surface area contributed by atoms with Gasteiger partial charge in [0.05, 0.1) is 5.54 Å². The van der Waals surface area contributed by atoms with Crippen molar-refractivity contribution >= 4 is 5.91 Å². The first-order chi connectivity index (χ1) is 10.5. The van der Waals surface area contributed by atoms with Gasteiger partial charge in [0.2, 0.25) is 5.91 Å². The van der Waals surface area contributed by atoms with Crippen molar-refractivity contribution in [1.82, 2.24) is 10.6 Å². The van der Waals surface area contributed by atoms with E-state index in [1.807, 2.05) is 32.0 Å². The van der Waals surface area contributed by atoms with E-state index < -0.39 is 0 Å². The van der Waals surface area contributed by atoms with Gasteiger partial charge >= 0.3 is 0 Å². The molecule has 2 N–H and O–H groups in total. The predicted octanol–water partition coefficient (Wildman–Crippen LogP) is 1.99. The Morgan fingerprint density at radius 1 is 1.32 bits per heavy atom. The highest BCUT2D eigenvalue weighted by Gasteiger charge is 2.57. The van der Waals surface area contributed by atoms with Gasteiger partial charge in [0, 0.05) is 5.92 Å². The van der Waals surface area contributed by atoms with E-state index in [0.717, 1.165) is 25.3 Å². The molecule has 2 unspecified atom stereocenters. The van der Waals surface area contributed by atoms with Crippen LogP contribution in [-0.4, -0.2) is 31.1 Å². The van der Waals surface area contributed by atoms with Crippen LogP contribution in [0.5, 0.6) is 5.75 Å². The topological polar surface area (TPSA) is 50.4 Å². The van der Waals surface area contributed by atoms with Crippen LogP contribution in [0.4, 0.5) is 0 Å². The summed E-state index contributed by atoms with van der Waals surface area (Å²) in [6, 6.07) is 8.09. The quantitative estimate of drug-likeness (QED) is 0.845. The fraction of sp³-hybridized carbons (Fsp3) is 0.611. The summed E-state index contributed by atoms with van der Waals surface area (Å²) in [5.74, 6) is 2.42. The van der Waals surface area contributed by atoms with E-state index in [0.29, 0.717) is 18.4 Å². The number of nitrogens with one attached hydrogen (secondary N) is 2. The van der Waals surface area contributed by atoms with Crippen molar-refractivity contribution in [2.24, 2.45) is 17.8 Å². The highest BCUT2D eigenvalue weighted by Crippen LogP contribution is 2.48. The third-order valence-corrected chi connectivity index (χ3v) is 4.80. The van der Waals surface area contributed by atoms with Gasteiger partial charge in [0.25, 0.3) is 0 Å². The number of benzene rings is 1. The maximum Gasteiger partial charge on any atom is 0.224 e. The van der Waals surface area contributed by atoms with Gasteiger partial charge in [0.15, 0.2) is 0 Å². The summed E-state index contributed by atoms with van der Waals surface area (Å²) in [5, 5.41) is 6.49. The predicted molar refractivity (Wildman–Crippen MR) is 86.9 cm³/mol. The van der Waals surface area contributed by atoms with Crippen LogP contribution >= 0.6 is 0 Å². The largest absolute Gasteiger partial charge is 0.491 e. The summed E-state index contributed by atoms with van der Waals surface area (Å²) in [7, 11) is 0. The lowest BCUT2D eigenvalue weighted by molar-refractivity contribution is -0.125. The second kappa shape index (κ2) is 5.92. The van der Waals surface area contributed by atoms with E-state index >= 15 is 0 Å². The number of aryl methyl sites for hydroxylation is 1. The molecule has 2 aliphatic rings. The molecule has 1 saturated carbocycles. The Morgan fingerprint density at radius 2 is 2.00 bits per heavy atom. The number of para-hydroxylation sites is 1. The fourth-order valence-electron chi connectivity index (χ4n) is 3.46. The number of carbonyl (C=O) groups is 1. The third-order valence-electron chi connectivity index (χ3n) is 4.80. The molecule has 0 bridgehead atoms. The first kappa shape index (κ1) is 15.3. The average Bonchev–Trinajstić information content (AvgIpc) is 2.99. The minimum atomic E-state index is -0.359. The standard InChI is InChI=1S/C18H26N2O2/c1-4-12-7-5-6-8-15(12)22-11-18(2,3)20-17(21)16-13-9-19-10-14(13)16/h5-8,13-14,16,19H,4,9-11H2,1-3H3,(H,20,21)/t13-,14?,16?/m1/s1. The van der Waals surface area contributed by atoms with Gasteiger partial charge < -0.3 is 15.4 Å². The number of piperidine rings is 1. The van der Waals surface area contributed by atoms with E-state index in [1.165, 1.54) is 5.56 Å². The molecule has 1 saturated heterocycles. The minimum Gasteiger partial charge on any atom is -0.491 e. The molecular formula is C18H26N2O2. The van der Waals surface area contributed by atoms with Crippen LogP contribution in [-0.2, 0) is 11.2 Å². The van der Waals surface area contributed by atoms with Crippen LogP contribution in [0.15, 0.2) is 24.3 Å². The van der Waals surface area contributed by atoms with Crippen LogP contribution in [0, 0.1) is 17.8 Å². The number of hydrogen-bond donors (Lipinski definition) is 2. The van der Waals surface area contributed by atoms with Gasteiger partial charge in [-0.25, -0.2) is 0 Å². The normalized spacial score (nSPS) is 26.4. The number of fused-ring (bicyclic) bond motifs is 1. The number of hydrogen-bond acceptors (Lipinski definition) is 3. The van der Waals surface area contributed by atoms with Crippen molar-refractivity contribution in [3.8, 4) is 5.75 Å². The first-order valence-electron chi connectivity index (χ1n) is 8.25. The zero-order valence-electron chi connectivity index (χ0n) is 13.7. The Hall–Kier alpha value is -1.55. The van der Waals surface area contributed by atoms with Crippen molar-refractivity contribution in [2.45, 2.75) is 32.7 Å². The SMILES string of the molecule is CCc1ccccc1OCC(C)(C)NC(=O)C1C2CNC[C@H]21. The molecule has 1 aromatic carbocycles. The molecule has 120 valence electrons. The van der Waals surface area contributed by atoms with Gasteiger partial charge in [-0.3, -0.25) is 4.79 Å². The Labute approximate surface area is 132 Å². The molecule has 3 atom stereocenters. The molecule has 1 amide bonds. The molecule has 4 heteroatoms. The van der Waals surface area contributed by atoms with Gasteiger partial charge in [-0.2, -0.15) is 0 Å². The minimum absolute atomic E-state index is 0.189. The molecule has 1 aliphatic carbocycles. The number of ether oxygens (including phenoxy) is 1. The van der Waals surface area contributed by atoms with Crippen molar-refractivity contribution in [3.05, 3.63) is 29.8 Å². The lowest BCUT2D eigenvalue weighted by Crippen LogP contribution is -2.49. The summed E-state index contributed by atoms with van der Waals surface area (Å²) < 4.78 is 5.96. The Kier molecular flexibility index (Phi) is 4.13. The molecule has 3 rings (SSSR count). The highest BCUT2D eigenvalue weighted by atomic mass is 16.5. The summed E-state index contributed by atoms with van der Waals surface area (Å²) in [6.45, 7) is 8.63. The number of carbonyl (C=O) groups excluding carboxylic acids is 1. The lowest BCUT2D eigenvalue weighted by Gasteiger charge is -2.27. The van der Waals surface area contributed by atoms with Gasteiger partial charge in [0.1, 0.15) is 12.4 Å². The molecule has 22 heavy (non-hydrogen) atoms. The second-order valence-electron chi connectivity index (χ2n) is 7.13. The molecule has 1 aromatic rings. The maximum absolute atomic E-state index is 12.4. The van der Waals surface area contributed by atoms with Crippen LogP contribution in [0.2, 0.25) is 0 Å². The zero-order chi connectivity index (χ0) is 15.7. The number of amides is 1. The molecule has 0 spiro atoms. The van der Waals surface area contributed by atoms with Crippen molar-refractivity contribution in [3.63, 3.8) is 0 Å². The van der Waals surface area contributed by atoms with E-state index in [4.69, 9.17) is 4.74 Å². The summed E-state index contributed by atoms with van der Waals surface area (Å²) in [5.41, 5.74) is 0.842. The molecule has 0 radical (unpaired) electrons. The van der Waals surface area contributed by atoms with Crippen molar-refractivity contribution < 1.29 is 9.53 Å². The number of rotatable bonds is 6. The van der Waals surface area contributed by atoms with Crippen LogP contribution in [0.3, 0.4) is 0 Å². The maximum atomic E-state index is 12.4. The van der Waals surface area contributed by atoms with Crippen LogP contribution < -0.4 is 15.4 Å². The molecule has 4 nitrogen and oxygen atoms in total. The van der Waals surface area contributed by atoms with Crippen LogP contribution in [0.1, 0.15) is 26.3 Å². The summed E-state index contributed by atoms with van der Waals surface area (Å²) in [4.78, 5) is 12.4. The second-order valence-corrected chi connectivity index (χ2v) is 7.13. The van der Waals surface area contributed by atoms with Gasteiger partial charge in [-0.05, 0) is 56.8 Å².